The van der Waals surface area contributed by atoms with E-state index in [1.807, 2.05) is 17.2 Å². The fraction of sp³-hybridized carbons (Fsp3) is 0.636. The molecule has 2 heterocycles. The SMILES string of the molecule is Cc1nc(C(=O)N2CCC(C)C(N)C2)cs1. The zero-order valence-electron chi connectivity index (χ0n) is 9.64. The van der Waals surface area contributed by atoms with Gasteiger partial charge in [-0.1, -0.05) is 6.92 Å². The van der Waals surface area contributed by atoms with Crippen LogP contribution in [-0.4, -0.2) is 34.9 Å². The van der Waals surface area contributed by atoms with Crippen LogP contribution in [0.2, 0.25) is 0 Å². The number of likely N-dealkylation sites (tertiary alicyclic amines) is 1. The zero-order chi connectivity index (χ0) is 11.7. The molecule has 88 valence electrons. The summed E-state index contributed by atoms with van der Waals surface area (Å²) in [6.07, 6.45) is 0.982. The van der Waals surface area contributed by atoms with Crippen molar-refractivity contribution in [1.29, 1.82) is 0 Å². The molecule has 0 saturated carbocycles. The molecule has 0 radical (unpaired) electrons. The van der Waals surface area contributed by atoms with Crippen molar-refractivity contribution in [2.24, 2.45) is 11.7 Å². The highest BCUT2D eigenvalue weighted by Gasteiger charge is 2.27. The summed E-state index contributed by atoms with van der Waals surface area (Å²) in [6, 6.07) is 0.0948. The molecule has 0 aliphatic carbocycles. The van der Waals surface area contributed by atoms with Crippen molar-refractivity contribution in [1.82, 2.24) is 9.88 Å². The van der Waals surface area contributed by atoms with Crippen LogP contribution < -0.4 is 5.73 Å². The summed E-state index contributed by atoms with van der Waals surface area (Å²) in [5.74, 6) is 0.521. The number of piperidine rings is 1. The number of nitrogens with zero attached hydrogens (tertiary/aromatic N) is 2. The van der Waals surface area contributed by atoms with Crippen molar-refractivity contribution < 1.29 is 4.79 Å². The molecular weight excluding hydrogens is 222 g/mol. The second-order valence-corrected chi connectivity index (χ2v) is 5.49. The van der Waals surface area contributed by atoms with Gasteiger partial charge in [-0.15, -0.1) is 11.3 Å². The fourth-order valence-electron chi connectivity index (χ4n) is 1.91. The third-order valence-corrected chi connectivity index (χ3v) is 3.92. The summed E-state index contributed by atoms with van der Waals surface area (Å²) in [4.78, 5) is 18.1. The Kier molecular flexibility index (Phi) is 3.25. The first-order valence-electron chi connectivity index (χ1n) is 5.55. The molecular formula is C11H17N3OS. The molecule has 4 nitrogen and oxygen atoms in total. The molecule has 0 bridgehead atoms. The molecule has 0 spiro atoms. The lowest BCUT2D eigenvalue weighted by atomic mass is 9.94. The third-order valence-electron chi connectivity index (χ3n) is 3.14. The highest BCUT2D eigenvalue weighted by molar-refractivity contribution is 7.09. The largest absolute Gasteiger partial charge is 0.336 e. The van der Waals surface area contributed by atoms with E-state index in [1.165, 1.54) is 11.3 Å². The lowest BCUT2D eigenvalue weighted by molar-refractivity contribution is 0.0667. The number of carbonyl (C=O) groups excluding carboxylic acids is 1. The fourth-order valence-corrected chi connectivity index (χ4v) is 2.49. The molecule has 5 heteroatoms. The van der Waals surface area contributed by atoms with Crippen LogP contribution in [0.5, 0.6) is 0 Å². The molecule has 2 N–H and O–H groups in total. The van der Waals surface area contributed by atoms with Crippen LogP contribution >= 0.6 is 11.3 Å². The van der Waals surface area contributed by atoms with Gasteiger partial charge in [0.2, 0.25) is 0 Å². The number of hydrogen-bond donors (Lipinski definition) is 1. The Balaban J connectivity index is 2.06. The van der Waals surface area contributed by atoms with Crippen molar-refractivity contribution in [3.8, 4) is 0 Å². The number of hydrogen-bond acceptors (Lipinski definition) is 4. The zero-order valence-corrected chi connectivity index (χ0v) is 10.5. The van der Waals surface area contributed by atoms with Gasteiger partial charge < -0.3 is 10.6 Å². The molecule has 1 fully saturated rings. The average molecular weight is 239 g/mol. The minimum Gasteiger partial charge on any atom is -0.336 e. The van der Waals surface area contributed by atoms with Gasteiger partial charge in [0.25, 0.3) is 5.91 Å². The number of amides is 1. The molecule has 2 atom stereocenters. The predicted molar refractivity (Wildman–Crippen MR) is 64.5 cm³/mol. The molecule has 2 rings (SSSR count). The summed E-state index contributed by atoms with van der Waals surface area (Å²) >= 11 is 1.51. The van der Waals surface area contributed by atoms with Gasteiger partial charge in [-0.2, -0.15) is 0 Å². The number of aromatic nitrogens is 1. The summed E-state index contributed by atoms with van der Waals surface area (Å²) in [5.41, 5.74) is 6.54. The Bertz CT molecular complexity index is 390. The predicted octanol–water partition coefficient (Wildman–Crippen LogP) is 1.26. The van der Waals surface area contributed by atoms with Gasteiger partial charge in [0.05, 0.1) is 5.01 Å². The maximum atomic E-state index is 12.1. The molecule has 1 aromatic rings. The van der Waals surface area contributed by atoms with Gasteiger partial charge in [-0.3, -0.25) is 4.79 Å². The maximum Gasteiger partial charge on any atom is 0.273 e. The molecule has 1 saturated heterocycles. The molecule has 16 heavy (non-hydrogen) atoms. The third kappa shape index (κ3) is 2.25. The number of carbonyl (C=O) groups is 1. The van der Waals surface area contributed by atoms with Crippen molar-refractivity contribution >= 4 is 17.2 Å². The Morgan fingerprint density at radius 3 is 3.00 bits per heavy atom. The van der Waals surface area contributed by atoms with Crippen molar-refractivity contribution in [2.75, 3.05) is 13.1 Å². The molecule has 1 aromatic heterocycles. The smallest absolute Gasteiger partial charge is 0.273 e. The van der Waals surface area contributed by atoms with E-state index in [0.29, 0.717) is 18.2 Å². The van der Waals surface area contributed by atoms with Crippen LogP contribution in [0.4, 0.5) is 0 Å². The van der Waals surface area contributed by atoms with Gasteiger partial charge in [-0.25, -0.2) is 4.98 Å². The second-order valence-electron chi connectivity index (χ2n) is 4.43. The van der Waals surface area contributed by atoms with E-state index in [1.54, 1.807) is 0 Å². The molecule has 0 aromatic carbocycles. The Labute approximate surface area is 99.5 Å². The first-order valence-corrected chi connectivity index (χ1v) is 6.43. The van der Waals surface area contributed by atoms with Crippen LogP contribution in [0.25, 0.3) is 0 Å². The van der Waals surface area contributed by atoms with Crippen LogP contribution in [0.3, 0.4) is 0 Å². The average Bonchev–Trinajstić information content (AvgIpc) is 2.68. The lowest BCUT2D eigenvalue weighted by Crippen LogP contribution is -2.49. The van der Waals surface area contributed by atoms with Crippen molar-refractivity contribution in [3.63, 3.8) is 0 Å². The van der Waals surface area contributed by atoms with E-state index in [2.05, 4.69) is 11.9 Å². The molecule has 1 aliphatic rings. The minimum atomic E-state index is 0.0201. The van der Waals surface area contributed by atoms with Crippen LogP contribution in [-0.2, 0) is 0 Å². The normalized spacial score (nSPS) is 25.8. The van der Waals surface area contributed by atoms with Crippen molar-refractivity contribution in [3.05, 3.63) is 16.1 Å². The molecule has 1 amide bonds. The van der Waals surface area contributed by atoms with Gasteiger partial charge in [0, 0.05) is 24.5 Å². The minimum absolute atomic E-state index is 0.0201. The van der Waals surface area contributed by atoms with Gasteiger partial charge in [0.15, 0.2) is 0 Å². The first kappa shape index (κ1) is 11.5. The standard InChI is InChI=1S/C11H17N3OS/c1-7-3-4-14(5-9(7)12)11(15)10-6-16-8(2)13-10/h6-7,9H,3-5,12H2,1-2H3. The van der Waals surface area contributed by atoms with Crippen molar-refractivity contribution in [2.45, 2.75) is 26.3 Å². The monoisotopic (exact) mass is 239 g/mol. The molecule has 1 aliphatic heterocycles. The Hall–Kier alpha value is -0.940. The highest BCUT2D eigenvalue weighted by Crippen LogP contribution is 2.18. The van der Waals surface area contributed by atoms with Crippen LogP contribution in [0.1, 0.15) is 28.8 Å². The number of nitrogens with two attached hydrogens (primary N) is 1. The highest BCUT2D eigenvalue weighted by atomic mass is 32.1. The Morgan fingerprint density at radius 2 is 2.44 bits per heavy atom. The summed E-state index contributed by atoms with van der Waals surface area (Å²) < 4.78 is 0. The number of rotatable bonds is 1. The van der Waals surface area contributed by atoms with Gasteiger partial charge in [0.1, 0.15) is 5.69 Å². The Morgan fingerprint density at radius 1 is 1.69 bits per heavy atom. The topological polar surface area (TPSA) is 59.2 Å². The van der Waals surface area contributed by atoms with E-state index in [9.17, 15) is 4.79 Å². The first-order chi connectivity index (χ1) is 7.58. The number of thiazole rings is 1. The lowest BCUT2D eigenvalue weighted by Gasteiger charge is -2.34. The van der Waals surface area contributed by atoms with E-state index in [4.69, 9.17) is 5.73 Å². The second kappa shape index (κ2) is 4.51. The maximum absolute atomic E-state index is 12.1. The van der Waals surface area contributed by atoms with E-state index in [-0.39, 0.29) is 11.9 Å². The van der Waals surface area contributed by atoms with E-state index in [0.717, 1.165) is 18.0 Å². The molecule has 2 unspecified atom stereocenters. The van der Waals surface area contributed by atoms with Crippen LogP contribution in [0.15, 0.2) is 5.38 Å². The summed E-state index contributed by atoms with van der Waals surface area (Å²) in [7, 11) is 0. The van der Waals surface area contributed by atoms with Gasteiger partial charge in [-0.05, 0) is 19.3 Å². The van der Waals surface area contributed by atoms with Gasteiger partial charge >= 0.3 is 0 Å². The summed E-state index contributed by atoms with van der Waals surface area (Å²) in [5, 5.41) is 2.75. The quantitative estimate of drug-likeness (QED) is 0.802. The summed E-state index contributed by atoms with van der Waals surface area (Å²) in [6.45, 7) is 5.49. The van der Waals surface area contributed by atoms with E-state index < -0.39 is 0 Å². The van der Waals surface area contributed by atoms with E-state index >= 15 is 0 Å². The van der Waals surface area contributed by atoms with Crippen LogP contribution in [0, 0.1) is 12.8 Å². The number of aryl methyl sites for hydroxylation is 1.